The van der Waals surface area contributed by atoms with Gasteiger partial charge in [0.1, 0.15) is 0 Å². The molecule has 0 aromatic carbocycles. The van der Waals surface area contributed by atoms with Gasteiger partial charge in [-0.1, -0.05) is 362 Å². The van der Waals surface area contributed by atoms with Crippen LogP contribution >= 0.6 is 37.9 Å². The Morgan fingerprint density at radius 2 is 0.356 bits per heavy atom. The van der Waals surface area contributed by atoms with Gasteiger partial charge >= 0.3 is 37.7 Å². The van der Waals surface area contributed by atoms with Crippen molar-refractivity contribution in [1.29, 1.82) is 0 Å². The molecule has 2 atom stereocenters. The molecule has 0 spiro atoms. The van der Waals surface area contributed by atoms with Crippen LogP contribution in [0.4, 0.5) is 0 Å². The molecule has 0 bridgehead atoms. The summed E-state index contributed by atoms with van der Waals surface area (Å²) in [5.41, 5.74) is 0. The second-order valence-corrected chi connectivity index (χ2v) is 28.2. The van der Waals surface area contributed by atoms with Gasteiger partial charge in [0, 0.05) is 15.2 Å². The maximum Gasteiger partial charge on any atom is 2.00 e. The number of rotatable bonds is 64. The van der Waals surface area contributed by atoms with Gasteiger partial charge < -0.3 is 18.8 Å². The molecule has 0 rings (SSSR count). The Labute approximate surface area is 502 Å². The SMILES string of the molecule is CCCCCCCCCCCCCCCCOP([O-])SCCCCCCCCCCCCCCCC.CCCCCCCCCCCCCCCCOP([O-])SCCCCCCCCCCCCCCCC.[Ca+2]. The minimum Gasteiger partial charge on any atom is -0.800 e. The van der Waals surface area contributed by atoms with Gasteiger partial charge in [0.2, 0.25) is 0 Å². The van der Waals surface area contributed by atoms with Crippen molar-refractivity contribution in [3.8, 4) is 0 Å². The van der Waals surface area contributed by atoms with E-state index < -0.39 is 15.2 Å². The maximum atomic E-state index is 12.0. The predicted octanol–water partition coefficient (Wildman–Crippen LogP) is 24.2. The third-order valence-electron chi connectivity index (χ3n) is 14.8. The van der Waals surface area contributed by atoms with Crippen LogP contribution < -0.4 is 9.79 Å². The molecule has 0 N–H and O–H groups in total. The largest absolute Gasteiger partial charge is 2.00 e. The standard InChI is InChI=1S/2C32H66O2PS.Ca/c2*1-3-5-7-9-11-13-15-17-19-21-23-25-27-29-31-34-35(33)36-32-30-28-26-24-22-20-18-16-14-12-10-8-6-4-2;/h2*3-32H2,1-2H3;/q2*-1;+2. The molecular formula is C64H132CaO4P2S2. The van der Waals surface area contributed by atoms with Crippen molar-refractivity contribution in [1.82, 2.24) is 0 Å². The monoisotopic (exact) mass is 1130 g/mol. The van der Waals surface area contributed by atoms with Crippen LogP contribution in [0.2, 0.25) is 0 Å². The summed E-state index contributed by atoms with van der Waals surface area (Å²) < 4.78 is 11.1. The molecule has 9 heteroatoms. The molecule has 0 heterocycles. The second-order valence-electron chi connectivity index (χ2n) is 22.2. The first kappa shape index (κ1) is 79.9. The fraction of sp³-hybridized carbons (Fsp3) is 1.00. The number of unbranched alkanes of at least 4 members (excludes halogenated alkanes) is 52. The van der Waals surface area contributed by atoms with Gasteiger partial charge in [-0.15, -0.1) is 22.8 Å². The van der Waals surface area contributed by atoms with E-state index >= 15 is 0 Å². The molecule has 0 saturated heterocycles. The molecule has 0 amide bonds. The Morgan fingerprint density at radius 1 is 0.219 bits per heavy atom. The summed E-state index contributed by atoms with van der Waals surface area (Å²) in [4.78, 5) is 24.0. The van der Waals surface area contributed by atoms with Crippen LogP contribution in [0.5, 0.6) is 0 Å². The average Bonchev–Trinajstić information content (AvgIpc) is 3.38. The summed E-state index contributed by atoms with van der Waals surface area (Å²) in [7, 11) is -2.99. The molecule has 0 radical (unpaired) electrons. The van der Waals surface area contributed by atoms with Crippen molar-refractivity contribution in [2.75, 3.05) is 24.7 Å². The zero-order valence-corrected chi connectivity index (χ0v) is 56.1. The summed E-state index contributed by atoms with van der Waals surface area (Å²) in [5.74, 6) is 1.98. The summed E-state index contributed by atoms with van der Waals surface area (Å²) in [6.07, 6.45) is 77.2. The Bertz CT molecular complexity index is 776. The maximum absolute atomic E-state index is 12.0. The number of hydrogen-bond acceptors (Lipinski definition) is 6. The van der Waals surface area contributed by atoms with Crippen molar-refractivity contribution in [3.05, 3.63) is 0 Å². The zero-order chi connectivity index (χ0) is 52.4. The van der Waals surface area contributed by atoms with Gasteiger partial charge in [-0.25, -0.2) is 0 Å². The van der Waals surface area contributed by atoms with E-state index in [4.69, 9.17) is 9.05 Å². The molecule has 4 nitrogen and oxygen atoms in total. The average molecular weight is 1130 g/mol. The summed E-state index contributed by atoms with van der Waals surface area (Å²) in [6.45, 7) is 10.5. The Kier molecular flexibility index (Phi) is 84.0. The van der Waals surface area contributed by atoms with Crippen LogP contribution in [-0.2, 0) is 9.05 Å². The molecule has 0 fully saturated rings. The summed E-state index contributed by atoms with van der Waals surface area (Å²) >= 11 is 3.07. The van der Waals surface area contributed by atoms with Crippen molar-refractivity contribution >= 4 is 75.7 Å². The first-order valence-corrected chi connectivity index (χ1v) is 38.6. The fourth-order valence-corrected chi connectivity index (χ4v) is 14.1. The van der Waals surface area contributed by atoms with E-state index in [1.807, 2.05) is 0 Å². The number of hydrogen-bond donors (Lipinski definition) is 0. The minimum atomic E-state index is -1.50. The fourth-order valence-electron chi connectivity index (χ4n) is 9.82. The molecule has 0 saturated carbocycles. The molecule has 0 aliphatic heterocycles. The predicted molar refractivity (Wildman–Crippen MR) is 338 cm³/mol. The quantitative estimate of drug-likeness (QED) is 0.0344. The van der Waals surface area contributed by atoms with Crippen molar-refractivity contribution < 1.29 is 18.8 Å². The van der Waals surface area contributed by atoms with E-state index in [2.05, 4.69) is 27.7 Å². The van der Waals surface area contributed by atoms with Crippen molar-refractivity contribution in [3.63, 3.8) is 0 Å². The Hall–Kier alpha value is 2.66. The molecule has 0 aromatic heterocycles. The van der Waals surface area contributed by atoms with Crippen LogP contribution in [-0.4, -0.2) is 62.5 Å². The molecule has 2 unspecified atom stereocenters. The van der Waals surface area contributed by atoms with E-state index in [1.54, 1.807) is 0 Å². The molecule has 0 aliphatic carbocycles. The van der Waals surface area contributed by atoms with Gasteiger partial charge in [-0.3, -0.25) is 0 Å². The van der Waals surface area contributed by atoms with Gasteiger partial charge in [0.25, 0.3) is 0 Å². The molecular weight excluding hydrogens is 999 g/mol. The summed E-state index contributed by atoms with van der Waals surface area (Å²) in [5, 5.41) is 0. The van der Waals surface area contributed by atoms with Crippen LogP contribution in [0.3, 0.4) is 0 Å². The first-order chi connectivity index (χ1) is 35.6. The van der Waals surface area contributed by atoms with E-state index in [1.165, 1.54) is 369 Å². The molecule has 0 aromatic rings. The van der Waals surface area contributed by atoms with Gasteiger partial charge in [0.05, 0.1) is 13.2 Å². The van der Waals surface area contributed by atoms with E-state index in [0.717, 1.165) is 24.3 Å². The third kappa shape index (κ3) is 78.9. The topological polar surface area (TPSA) is 64.6 Å². The van der Waals surface area contributed by atoms with Gasteiger partial charge in [0.15, 0.2) is 0 Å². The Balaban J connectivity index is -0.00000132. The van der Waals surface area contributed by atoms with E-state index in [9.17, 15) is 9.79 Å². The minimum absolute atomic E-state index is 0. The molecule has 436 valence electrons. The van der Waals surface area contributed by atoms with Crippen LogP contribution in [0.15, 0.2) is 0 Å². The van der Waals surface area contributed by atoms with Crippen molar-refractivity contribution in [2.45, 2.75) is 387 Å². The normalized spacial score (nSPS) is 12.2. The van der Waals surface area contributed by atoms with Crippen LogP contribution in [0.1, 0.15) is 387 Å². The van der Waals surface area contributed by atoms with E-state index in [0.29, 0.717) is 13.2 Å². The zero-order valence-electron chi connectivity index (χ0n) is 50.5. The van der Waals surface area contributed by atoms with Crippen LogP contribution in [0.25, 0.3) is 0 Å². The first-order valence-electron chi connectivity index (χ1n) is 33.1. The molecule has 73 heavy (non-hydrogen) atoms. The second kappa shape index (κ2) is 76.7. The molecule has 0 aliphatic rings. The van der Waals surface area contributed by atoms with Gasteiger partial charge in [-0.05, 0) is 37.2 Å². The third-order valence-corrected chi connectivity index (χ3v) is 19.9. The summed E-state index contributed by atoms with van der Waals surface area (Å²) in [6, 6.07) is 0. The van der Waals surface area contributed by atoms with E-state index in [-0.39, 0.29) is 37.7 Å². The Morgan fingerprint density at radius 3 is 0.521 bits per heavy atom. The van der Waals surface area contributed by atoms with Gasteiger partial charge in [-0.2, -0.15) is 0 Å². The van der Waals surface area contributed by atoms with Crippen molar-refractivity contribution in [2.24, 2.45) is 0 Å². The van der Waals surface area contributed by atoms with Crippen LogP contribution in [0, 0.1) is 0 Å². The smallest absolute Gasteiger partial charge is 0.800 e.